The molecule has 0 amide bonds. The number of aryl methyl sites for hydroxylation is 1. The van der Waals surface area contributed by atoms with Crippen LogP contribution in [-0.4, -0.2) is 16.0 Å². The van der Waals surface area contributed by atoms with Crippen LogP contribution in [0.2, 0.25) is 0 Å². The Morgan fingerprint density at radius 2 is 2.12 bits per heavy atom. The zero-order valence-electron chi connectivity index (χ0n) is 10.5. The molecule has 1 aliphatic rings. The van der Waals surface area contributed by atoms with E-state index < -0.39 is 0 Å². The first-order valence-electron chi connectivity index (χ1n) is 6.48. The maximum Gasteiger partial charge on any atom is 0.186 e. The second kappa shape index (κ2) is 5.43. The molecule has 0 saturated heterocycles. The summed E-state index contributed by atoms with van der Waals surface area (Å²) in [5.41, 5.74) is 0.492. The van der Waals surface area contributed by atoms with Crippen LogP contribution in [0, 0.1) is 11.7 Å². The van der Waals surface area contributed by atoms with Crippen molar-refractivity contribution in [3.05, 3.63) is 17.8 Å². The summed E-state index contributed by atoms with van der Waals surface area (Å²) in [6.45, 7) is 4.12. The van der Waals surface area contributed by atoms with Gasteiger partial charge in [-0.2, -0.15) is 0 Å². The van der Waals surface area contributed by atoms with Crippen LogP contribution in [-0.2, 0) is 6.42 Å². The van der Waals surface area contributed by atoms with E-state index in [0.29, 0.717) is 29.9 Å². The summed E-state index contributed by atoms with van der Waals surface area (Å²) in [6.07, 6.45) is 6.86. The predicted molar refractivity (Wildman–Crippen MR) is 66.4 cm³/mol. The Morgan fingerprint density at radius 3 is 2.82 bits per heavy atom. The average molecular weight is 237 g/mol. The third kappa shape index (κ3) is 2.73. The molecule has 94 valence electrons. The fourth-order valence-electron chi connectivity index (χ4n) is 2.46. The number of anilines is 1. The molecule has 1 heterocycles. The summed E-state index contributed by atoms with van der Waals surface area (Å²) in [5.74, 6) is 0.673. The van der Waals surface area contributed by atoms with E-state index in [1.807, 2.05) is 6.92 Å². The highest BCUT2D eigenvalue weighted by atomic mass is 19.1. The lowest BCUT2D eigenvalue weighted by Gasteiger charge is -2.30. The van der Waals surface area contributed by atoms with Gasteiger partial charge >= 0.3 is 0 Å². The third-order valence-electron chi connectivity index (χ3n) is 3.63. The molecule has 1 saturated carbocycles. The number of nitrogens with one attached hydrogen (secondary N) is 1. The van der Waals surface area contributed by atoms with Crippen molar-refractivity contribution in [2.24, 2.45) is 5.92 Å². The van der Waals surface area contributed by atoms with E-state index in [9.17, 15) is 4.39 Å². The maximum atomic E-state index is 14.0. The van der Waals surface area contributed by atoms with Gasteiger partial charge in [-0.05, 0) is 25.2 Å². The molecule has 0 aliphatic heterocycles. The van der Waals surface area contributed by atoms with Gasteiger partial charge in [0.25, 0.3) is 0 Å². The SMILES string of the molecule is CCc1ncnc(NC2CCCCC2C)c1F. The monoisotopic (exact) mass is 237 g/mol. The van der Waals surface area contributed by atoms with Crippen LogP contribution in [0.25, 0.3) is 0 Å². The number of hydrogen-bond donors (Lipinski definition) is 1. The highest BCUT2D eigenvalue weighted by molar-refractivity contribution is 5.38. The molecule has 1 aromatic heterocycles. The molecule has 0 aromatic carbocycles. The minimum Gasteiger partial charge on any atom is -0.365 e. The molecule has 2 unspecified atom stereocenters. The second-order valence-electron chi connectivity index (χ2n) is 4.85. The zero-order valence-corrected chi connectivity index (χ0v) is 10.5. The molecular weight excluding hydrogens is 217 g/mol. The Balaban J connectivity index is 2.12. The van der Waals surface area contributed by atoms with Crippen molar-refractivity contribution in [1.29, 1.82) is 0 Å². The predicted octanol–water partition coefficient (Wildman–Crippen LogP) is 3.17. The lowest BCUT2D eigenvalue weighted by molar-refractivity contribution is 0.347. The summed E-state index contributed by atoms with van der Waals surface area (Å²) in [7, 11) is 0. The van der Waals surface area contributed by atoms with Crippen LogP contribution < -0.4 is 5.32 Å². The molecule has 3 nitrogen and oxygen atoms in total. The van der Waals surface area contributed by atoms with Gasteiger partial charge in [0.05, 0.1) is 5.69 Å². The van der Waals surface area contributed by atoms with Gasteiger partial charge in [0.15, 0.2) is 11.6 Å². The van der Waals surface area contributed by atoms with Crippen molar-refractivity contribution < 1.29 is 4.39 Å². The molecule has 1 aliphatic carbocycles. The van der Waals surface area contributed by atoms with Gasteiger partial charge in [-0.15, -0.1) is 0 Å². The van der Waals surface area contributed by atoms with Crippen molar-refractivity contribution in [2.75, 3.05) is 5.32 Å². The number of rotatable bonds is 3. The van der Waals surface area contributed by atoms with Crippen molar-refractivity contribution in [3.8, 4) is 0 Å². The number of halogens is 1. The molecule has 1 fully saturated rings. The van der Waals surface area contributed by atoms with Crippen molar-refractivity contribution in [2.45, 2.75) is 52.0 Å². The third-order valence-corrected chi connectivity index (χ3v) is 3.63. The molecule has 0 radical (unpaired) electrons. The van der Waals surface area contributed by atoms with Crippen LogP contribution >= 0.6 is 0 Å². The van der Waals surface area contributed by atoms with E-state index >= 15 is 0 Å². The van der Waals surface area contributed by atoms with Crippen LogP contribution in [0.15, 0.2) is 6.33 Å². The van der Waals surface area contributed by atoms with Gasteiger partial charge in [-0.3, -0.25) is 0 Å². The van der Waals surface area contributed by atoms with Crippen LogP contribution in [0.1, 0.15) is 45.2 Å². The van der Waals surface area contributed by atoms with Crippen LogP contribution in [0.4, 0.5) is 10.2 Å². The first-order valence-corrected chi connectivity index (χ1v) is 6.48. The molecule has 17 heavy (non-hydrogen) atoms. The lowest BCUT2D eigenvalue weighted by Crippen LogP contribution is -2.31. The molecule has 1 aromatic rings. The first kappa shape index (κ1) is 12.3. The van der Waals surface area contributed by atoms with Crippen LogP contribution in [0.5, 0.6) is 0 Å². The quantitative estimate of drug-likeness (QED) is 0.877. The molecule has 1 N–H and O–H groups in total. The van der Waals surface area contributed by atoms with E-state index in [1.54, 1.807) is 0 Å². The van der Waals surface area contributed by atoms with E-state index in [1.165, 1.54) is 25.6 Å². The molecule has 2 rings (SSSR count). The average Bonchev–Trinajstić information content (AvgIpc) is 2.34. The van der Waals surface area contributed by atoms with Gasteiger partial charge in [0.2, 0.25) is 0 Å². The van der Waals surface area contributed by atoms with Gasteiger partial charge < -0.3 is 5.32 Å². The zero-order chi connectivity index (χ0) is 12.3. The minimum atomic E-state index is -0.284. The Labute approximate surface area is 102 Å². The second-order valence-corrected chi connectivity index (χ2v) is 4.85. The van der Waals surface area contributed by atoms with E-state index in [4.69, 9.17) is 0 Å². The van der Waals surface area contributed by atoms with Crippen molar-refractivity contribution in [1.82, 2.24) is 9.97 Å². The Morgan fingerprint density at radius 1 is 1.35 bits per heavy atom. The number of nitrogens with zero attached hydrogens (tertiary/aromatic N) is 2. The van der Waals surface area contributed by atoms with Gasteiger partial charge in [0.1, 0.15) is 6.33 Å². The Bertz CT molecular complexity index is 381. The van der Waals surface area contributed by atoms with Gasteiger partial charge in [-0.1, -0.05) is 26.7 Å². The largest absolute Gasteiger partial charge is 0.365 e. The van der Waals surface area contributed by atoms with Gasteiger partial charge in [-0.25, -0.2) is 14.4 Å². The smallest absolute Gasteiger partial charge is 0.186 e. The number of hydrogen-bond acceptors (Lipinski definition) is 3. The van der Waals surface area contributed by atoms with E-state index in [-0.39, 0.29) is 5.82 Å². The first-order chi connectivity index (χ1) is 8.22. The van der Waals surface area contributed by atoms with Crippen molar-refractivity contribution in [3.63, 3.8) is 0 Å². The minimum absolute atomic E-state index is 0.284. The molecule has 4 heteroatoms. The molecule has 2 atom stereocenters. The number of aromatic nitrogens is 2. The van der Waals surface area contributed by atoms with E-state index in [2.05, 4.69) is 22.2 Å². The fraction of sp³-hybridized carbons (Fsp3) is 0.692. The molecule has 0 bridgehead atoms. The lowest BCUT2D eigenvalue weighted by atomic mass is 9.86. The summed E-state index contributed by atoms with van der Waals surface area (Å²) in [4.78, 5) is 7.96. The molecular formula is C13H20FN3. The maximum absolute atomic E-state index is 14.0. The summed E-state index contributed by atoms with van der Waals surface area (Å²) >= 11 is 0. The highest BCUT2D eigenvalue weighted by Gasteiger charge is 2.23. The van der Waals surface area contributed by atoms with Gasteiger partial charge in [0, 0.05) is 6.04 Å². The standard InChI is InChI=1S/C13H20FN3/c1-3-10-12(14)13(16-8-15-10)17-11-7-5-4-6-9(11)2/h8-9,11H,3-7H2,1-2H3,(H,15,16,17). The van der Waals surface area contributed by atoms with Crippen molar-refractivity contribution >= 4 is 5.82 Å². The summed E-state index contributed by atoms with van der Waals surface area (Å²) in [6, 6.07) is 0.345. The fourth-order valence-corrected chi connectivity index (χ4v) is 2.46. The topological polar surface area (TPSA) is 37.8 Å². The summed E-state index contributed by atoms with van der Waals surface area (Å²) in [5, 5.41) is 3.25. The van der Waals surface area contributed by atoms with E-state index in [0.717, 1.165) is 6.42 Å². The Kier molecular flexibility index (Phi) is 3.92. The normalized spacial score (nSPS) is 24.6. The highest BCUT2D eigenvalue weighted by Crippen LogP contribution is 2.27. The van der Waals surface area contributed by atoms with Crippen LogP contribution in [0.3, 0.4) is 0 Å². The Hall–Kier alpha value is -1.19. The summed E-state index contributed by atoms with van der Waals surface area (Å²) < 4.78 is 14.0. The molecule has 0 spiro atoms.